The molecule has 0 aromatic heterocycles. The second-order valence-electron chi connectivity index (χ2n) is 5.78. The summed E-state index contributed by atoms with van der Waals surface area (Å²) in [5, 5.41) is 12.3. The molecule has 1 saturated heterocycles. The second kappa shape index (κ2) is 8.61. The van der Waals surface area contributed by atoms with Crippen molar-refractivity contribution in [3.63, 3.8) is 0 Å². The van der Waals surface area contributed by atoms with E-state index in [0.29, 0.717) is 12.1 Å². The van der Waals surface area contributed by atoms with Crippen LogP contribution in [0.25, 0.3) is 11.1 Å². The molecule has 1 amide bonds. The molecule has 1 fully saturated rings. The zero-order chi connectivity index (χ0) is 16.9. The van der Waals surface area contributed by atoms with Crippen molar-refractivity contribution in [3.05, 3.63) is 59.4 Å². The molecule has 130 valence electrons. The Kier molecular flexibility index (Phi) is 6.51. The van der Waals surface area contributed by atoms with E-state index in [1.165, 1.54) is 12.1 Å². The summed E-state index contributed by atoms with van der Waals surface area (Å²) in [6.45, 7) is 3.16. The number of amides is 1. The van der Waals surface area contributed by atoms with Crippen LogP contribution in [0.1, 0.15) is 22.3 Å². The Labute approximate surface area is 152 Å². The molecule has 0 spiro atoms. The molecule has 0 radical (unpaired) electrons. The van der Waals surface area contributed by atoms with E-state index in [-0.39, 0.29) is 23.9 Å². The van der Waals surface area contributed by atoms with Crippen molar-refractivity contribution in [1.82, 2.24) is 10.2 Å². The summed E-state index contributed by atoms with van der Waals surface area (Å²) in [4.78, 5) is 14.6. The number of carbonyl (C=O) groups excluding carboxylic acids is 1. The fourth-order valence-electron chi connectivity index (χ4n) is 2.85. The van der Waals surface area contributed by atoms with Crippen LogP contribution in [-0.2, 0) is 0 Å². The van der Waals surface area contributed by atoms with Gasteiger partial charge < -0.3 is 10.2 Å². The van der Waals surface area contributed by atoms with Crippen molar-refractivity contribution in [2.75, 3.05) is 26.2 Å². The third-order valence-corrected chi connectivity index (χ3v) is 4.16. The van der Waals surface area contributed by atoms with Crippen LogP contribution in [0.2, 0.25) is 0 Å². The Bertz CT molecular complexity index is 795. The number of nitrogens with one attached hydrogen (secondary N) is 1. The van der Waals surface area contributed by atoms with E-state index < -0.39 is 5.82 Å². The number of benzene rings is 2. The molecule has 6 heteroatoms. The Hall–Kier alpha value is -2.42. The molecule has 1 heterocycles. The molecule has 1 aliphatic heterocycles. The SMILES string of the molecule is Cl.N#Cc1cc(-c2cccc(C(=O)N3CCCNCC3)c2)ccc1F. The van der Waals surface area contributed by atoms with Gasteiger partial charge in [0.15, 0.2) is 0 Å². The molecule has 0 atom stereocenters. The molecule has 0 bridgehead atoms. The first-order valence-corrected chi connectivity index (χ1v) is 7.99. The summed E-state index contributed by atoms with van der Waals surface area (Å²) in [6.07, 6.45) is 0.939. The minimum absolute atomic E-state index is 0. The molecule has 3 rings (SSSR count). The smallest absolute Gasteiger partial charge is 0.253 e. The maximum Gasteiger partial charge on any atom is 0.253 e. The maximum absolute atomic E-state index is 13.5. The van der Waals surface area contributed by atoms with Gasteiger partial charge in [0, 0.05) is 25.2 Å². The van der Waals surface area contributed by atoms with Gasteiger partial charge in [0.2, 0.25) is 0 Å². The third-order valence-electron chi connectivity index (χ3n) is 4.16. The fraction of sp³-hybridized carbons (Fsp3) is 0.263. The zero-order valence-electron chi connectivity index (χ0n) is 13.7. The number of hydrogen-bond donors (Lipinski definition) is 1. The van der Waals surface area contributed by atoms with Crippen molar-refractivity contribution in [1.29, 1.82) is 5.26 Å². The van der Waals surface area contributed by atoms with Crippen LogP contribution in [0.4, 0.5) is 4.39 Å². The van der Waals surface area contributed by atoms with Gasteiger partial charge in [0.1, 0.15) is 11.9 Å². The maximum atomic E-state index is 13.5. The van der Waals surface area contributed by atoms with Gasteiger partial charge in [0.25, 0.3) is 5.91 Å². The standard InChI is InChI=1S/C19H18FN3O.ClH/c20-18-6-5-15(12-17(18)13-21)14-3-1-4-16(11-14)19(24)23-9-2-7-22-8-10-23;/h1,3-6,11-12,22H,2,7-10H2;1H. The summed E-state index contributed by atoms with van der Waals surface area (Å²) >= 11 is 0. The lowest BCUT2D eigenvalue weighted by Crippen LogP contribution is -2.34. The van der Waals surface area contributed by atoms with Crippen LogP contribution >= 0.6 is 12.4 Å². The van der Waals surface area contributed by atoms with Crippen LogP contribution in [0.3, 0.4) is 0 Å². The van der Waals surface area contributed by atoms with Crippen molar-refractivity contribution in [2.24, 2.45) is 0 Å². The van der Waals surface area contributed by atoms with E-state index in [1.807, 2.05) is 23.1 Å². The van der Waals surface area contributed by atoms with Gasteiger partial charge >= 0.3 is 0 Å². The summed E-state index contributed by atoms with van der Waals surface area (Å²) < 4.78 is 13.5. The highest BCUT2D eigenvalue weighted by Crippen LogP contribution is 2.23. The average molecular weight is 360 g/mol. The van der Waals surface area contributed by atoms with Crippen LogP contribution in [0.15, 0.2) is 42.5 Å². The molecule has 1 N–H and O–H groups in total. The largest absolute Gasteiger partial charge is 0.337 e. The summed E-state index contributed by atoms with van der Waals surface area (Å²) in [5.74, 6) is -0.534. The number of halogens is 2. The first-order chi connectivity index (χ1) is 11.7. The van der Waals surface area contributed by atoms with E-state index in [0.717, 1.165) is 37.2 Å². The van der Waals surface area contributed by atoms with Crippen LogP contribution < -0.4 is 5.32 Å². The van der Waals surface area contributed by atoms with Crippen molar-refractivity contribution in [3.8, 4) is 17.2 Å². The lowest BCUT2D eigenvalue weighted by molar-refractivity contribution is 0.0766. The average Bonchev–Trinajstić information content (AvgIpc) is 2.91. The fourth-order valence-corrected chi connectivity index (χ4v) is 2.85. The van der Waals surface area contributed by atoms with Crippen molar-refractivity contribution in [2.45, 2.75) is 6.42 Å². The van der Waals surface area contributed by atoms with Crippen LogP contribution in [0, 0.1) is 17.1 Å². The van der Waals surface area contributed by atoms with Gasteiger partial charge in [-0.05, 0) is 48.4 Å². The predicted molar refractivity (Wildman–Crippen MR) is 97.2 cm³/mol. The van der Waals surface area contributed by atoms with E-state index in [1.54, 1.807) is 18.2 Å². The second-order valence-corrected chi connectivity index (χ2v) is 5.78. The number of nitriles is 1. The topological polar surface area (TPSA) is 56.1 Å². The molecular formula is C19H19ClFN3O. The molecule has 0 aliphatic carbocycles. The van der Waals surface area contributed by atoms with E-state index in [9.17, 15) is 9.18 Å². The number of hydrogen-bond acceptors (Lipinski definition) is 3. The van der Waals surface area contributed by atoms with Gasteiger partial charge in [-0.15, -0.1) is 12.4 Å². The van der Waals surface area contributed by atoms with E-state index >= 15 is 0 Å². The molecule has 1 aliphatic rings. The first kappa shape index (κ1) is 18.9. The molecular weight excluding hydrogens is 341 g/mol. The molecule has 0 unspecified atom stereocenters. The summed E-state index contributed by atoms with van der Waals surface area (Å²) in [5.41, 5.74) is 2.13. The van der Waals surface area contributed by atoms with Gasteiger partial charge in [-0.2, -0.15) is 5.26 Å². The highest BCUT2D eigenvalue weighted by Gasteiger charge is 2.17. The third kappa shape index (κ3) is 4.36. The number of rotatable bonds is 2. The zero-order valence-corrected chi connectivity index (χ0v) is 14.5. The summed E-state index contributed by atoms with van der Waals surface area (Å²) in [6, 6.07) is 13.5. The first-order valence-electron chi connectivity index (χ1n) is 7.99. The minimum Gasteiger partial charge on any atom is -0.337 e. The predicted octanol–water partition coefficient (Wildman–Crippen LogP) is 3.22. The molecule has 25 heavy (non-hydrogen) atoms. The highest BCUT2D eigenvalue weighted by molar-refractivity contribution is 5.95. The Morgan fingerprint density at radius 3 is 2.72 bits per heavy atom. The normalized spacial score (nSPS) is 14.2. The van der Waals surface area contributed by atoms with Crippen molar-refractivity contribution >= 4 is 18.3 Å². The molecule has 2 aromatic carbocycles. The van der Waals surface area contributed by atoms with Crippen LogP contribution in [0.5, 0.6) is 0 Å². The highest BCUT2D eigenvalue weighted by atomic mass is 35.5. The Morgan fingerprint density at radius 2 is 1.92 bits per heavy atom. The molecule has 4 nitrogen and oxygen atoms in total. The van der Waals surface area contributed by atoms with Gasteiger partial charge in [-0.3, -0.25) is 4.79 Å². The summed E-state index contributed by atoms with van der Waals surface area (Å²) in [7, 11) is 0. The minimum atomic E-state index is -0.537. The number of nitrogens with zero attached hydrogens (tertiary/aromatic N) is 2. The van der Waals surface area contributed by atoms with Gasteiger partial charge in [-0.1, -0.05) is 18.2 Å². The molecule has 0 saturated carbocycles. The quantitative estimate of drug-likeness (QED) is 0.895. The molecule has 2 aromatic rings. The lowest BCUT2D eigenvalue weighted by Gasteiger charge is -2.20. The number of carbonyl (C=O) groups is 1. The van der Waals surface area contributed by atoms with E-state index in [4.69, 9.17) is 5.26 Å². The van der Waals surface area contributed by atoms with Crippen LogP contribution in [-0.4, -0.2) is 37.0 Å². The van der Waals surface area contributed by atoms with Gasteiger partial charge in [-0.25, -0.2) is 4.39 Å². The Balaban J connectivity index is 0.00000225. The lowest BCUT2D eigenvalue weighted by atomic mass is 10.0. The van der Waals surface area contributed by atoms with E-state index in [2.05, 4.69) is 5.32 Å². The van der Waals surface area contributed by atoms with Gasteiger partial charge in [0.05, 0.1) is 5.56 Å². The Morgan fingerprint density at radius 1 is 1.12 bits per heavy atom. The monoisotopic (exact) mass is 359 g/mol. The van der Waals surface area contributed by atoms with Crippen molar-refractivity contribution < 1.29 is 9.18 Å².